The topological polar surface area (TPSA) is 66.8 Å². The summed E-state index contributed by atoms with van der Waals surface area (Å²) in [5.74, 6) is -0.439. The molecule has 0 aliphatic heterocycles. The Morgan fingerprint density at radius 2 is 2.06 bits per heavy atom. The zero-order chi connectivity index (χ0) is 12.6. The fourth-order valence-electron chi connectivity index (χ4n) is 2.79. The highest BCUT2D eigenvalue weighted by Crippen LogP contribution is 2.51. The van der Waals surface area contributed by atoms with Gasteiger partial charge in [0.1, 0.15) is 0 Å². The van der Waals surface area contributed by atoms with E-state index in [-0.39, 0.29) is 11.8 Å². The second-order valence-corrected chi connectivity index (χ2v) is 5.86. The van der Waals surface area contributed by atoms with Gasteiger partial charge in [0.2, 0.25) is 0 Å². The molecule has 1 aliphatic carbocycles. The molecule has 1 fully saturated rings. The van der Waals surface area contributed by atoms with Crippen molar-refractivity contribution < 1.29 is 19.7 Å². The molecule has 0 heterocycles. The number of aliphatic hydroxyl groups excluding tert-OH is 2. The van der Waals surface area contributed by atoms with E-state index in [1.807, 2.05) is 6.92 Å². The van der Waals surface area contributed by atoms with Gasteiger partial charge in [-0.2, -0.15) is 0 Å². The van der Waals surface area contributed by atoms with E-state index < -0.39 is 23.6 Å². The van der Waals surface area contributed by atoms with Gasteiger partial charge in [-0.05, 0) is 18.3 Å². The number of carbonyl (C=O) groups is 1. The number of rotatable bonds is 3. The zero-order valence-corrected chi connectivity index (χ0v) is 10.5. The molecule has 0 unspecified atom stereocenters. The molecule has 2 N–H and O–H groups in total. The van der Waals surface area contributed by atoms with Crippen molar-refractivity contribution in [3.63, 3.8) is 0 Å². The summed E-state index contributed by atoms with van der Waals surface area (Å²) in [5.41, 5.74) is -0.608. The summed E-state index contributed by atoms with van der Waals surface area (Å²) in [7, 11) is 1.30. The maximum Gasteiger partial charge on any atom is 0.308 e. The SMILES string of the molecule is COC(=O)C[C@H](O)[C@@]1(C)CC(C)(C)C[C@@H]1O. The van der Waals surface area contributed by atoms with E-state index in [9.17, 15) is 15.0 Å². The minimum Gasteiger partial charge on any atom is -0.469 e. The fourth-order valence-corrected chi connectivity index (χ4v) is 2.79. The second kappa shape index (κ2) is 4.34. The summed E-state index contributed by atoms with van der Waals surface area (Å²) in [6, 6.07) is 0. The highest BCUT2D eigenvalue weighted by Gasteiger charge is 2.51. The third-order valence-corrected chi connectivity index (χ3v) is 3.72. The highest BCUT2D eigenvalue weighted by molar-refractivity contribution is 5.69. The summed E-state index contributed by atoms with van der Waals surface area (Å²) in [5, 5.41) is 20.1. The molecule has 0 aromatic carbocycles. The Bertz CT molecular complexity index is 274. The Hall–Kier alpha value is -0.610. The van der Waals surface area contributed by atoms with E-state index in [4.69, 9.17) is 0 Å². The predicted molar refractivity (Wildman–Crippen MR) is 59.8 cm³/mol. The molecule has 3 atom stereocenters. The third kappa shape index (κ3) is 2.55. The van der Waals surface area contributed by atoms with E-state index >= 15 is 0 Å². The van der Waals surface area contributed by atoms with Gasteiger partial charge < -0.3 is 14.9 Å². The molecular formula is C12H22O4. The molecule has 0 saturated heterocycles. The van der Waals surface area contributed by atoms with Crippen LogP contribution >= 0.6 is 0 Å². The van der Waals surface area contributed by atoms with Gasteiger partial charge >= 0.3 is 5.97 Å². The first-order valence-electron chi connectivity index (χ1n) is 5.64. The number of hydrogen-bond acceptors (Lipinski definition) is 4. The number of carbonyl (C=O) groups excluding carboxylic acids is 1. The molecule has 16 heavy (non-hydrogen) atoms. The van der Waals surface area contributed by atoms with Crippen LogP contribution in [-0.4, -0.2) is 35.5 Å². The van der Waals surface area contributed by atoms with Crippen LogP contribution in [-0.2, 0) is 9.53 Å². The van der Waals surface area contributed by atoms with Crippen molar-refractivity contribution in [1.29, 1.82) is 0 Å². The van der Waals surface area contributed by atoms with Crippen LogP contribution in [0.15, 0.2) is 0 Å². The lowest BCUT2D eigenvalue weighted by Crippen LogP contribution is -2.40. The van der Waals surface area contributed by atoms with Gasteiger partial charge in [0.25, 0.3) is 0 Å². The van der Waals surface area contributed by atoms with Crippen molar-refractivity contribution in [2.24, 2.45) is 10.8 Å². The van der Waals surface area contributed by atoms with Crippen molar-refractivity contribution in [3.8, 4) is 0 Å². The van der Waals surface area contributed by atoms with E-state index in [1.54, 1.807) is 0 Å². The smallest absolute Gasteiger partial charge is 0.308 e. The van der Waals surface area contributed by atoms with E-state index in [2.05, 4.69) is 18.6 Å². The van der Waals surface area contributed by atoms with Crippen LogP contribution in [0.3, 0.4) is 0 Å². The molecule has 0 spiro atoms. The predicted octanol–water partition coefficient (Wildman–Crippen LogP) is 1.10. The summed E-state index contributed by atoms with van der Waals surface area (Å²) < 4.78 is 4.53. The van der Waals surface area contributed by atoms with Gasteiger partial charge in [-0.25, -0.2) is 0 Å². The molecule has 1 rings (SSSR count). The molecule has 0 amide bonds. The quantitative estimate of drug-likeness (QED) is 0.712. The normalized spacial score (nSPS) is 34.8. The lowest BCUT2D eigenvalue weighted by Gasteiger charge is -2.33. The molecule has 4 heteroatoms. The first-order valence-corrected chi connectivity index (χ1v) is 5.64. The number of methoxy groups -OCH3 is 1. The van der Waals surface area contributed by atoms with E-state index in [0.29, 0.717) is 12.8 Å². The number of aliphatic hydroxyl groups is 2. The lowest BCUT2D eigenvalue weighted by molar-refractivity contribution is -0.146. The molecular weight excluding hydrogens is 208 g/mol. The van der Waals surface area contributed by atoms with Gasteiger partial charge in [-0.1, -0.05) is 20.8 Å². The molecule has 1 aliphatic rings. The fraction of sp³-hybridized carbons (Fsp3) is 0.917. The minimum absolute atomic E-state index is 0.00522. The van der Waals surface area contributed by atoms with Gasteiger partial charge in [0.05, 0.1) is 25.7 Å². The number of esters is 1. The Kier molecular flexibility index (Phi) is 3.65. The van der Waals surface area contributed by atoms with Crippen LogP contribution in [0.25, 0.3) is 0 Å². The highest BCUT2D eigenvalue weighted by atomic mass is 16.5. The summed E-state index contributed by atoms with van der Waals surface area (Å²) in [6.07, 6.45) is -0.111. The molecule has 0 radical (unpaired) electrons. The maximum atomic E-state index is 11.1. The van der Waals surface area contributed by atoms with Crippen LogP contribution in [0.2, 0.25) is 0 Å². The molecule has 94 valence electrons. The Morgan fingerprint density at radius 1 is 1.50 bits per heavy atom. The summed E-state index contributed by atoms with van der Waals surface area (Å²) in [6.45, 7) is 5.96. The molecule has 4 nitrogen and oxygen atoms in total. The first kappa shape index (κ1) is 13.5. The van der Waals surface area contributed by atoms with Crippen molar-refractivity contribution >= 4 is 5.97 Å². The monoisotopic (exact) mass is 230 g/mol. The molecule has 1 saturated carbocycles. The second-order valence-electron chi connectivity index (χ2n) is 5.86. The largest absolute Gasteiger partial charge is 0.469 e. The van der Waals surface area contributed by atoms with Gasteiger partial charge in [-0.3, -0.25) is 4.79 Å². The molecule has 0 bridgehead atoms. The summed E-state index contributed by atoms with van der Waals surface area (Å²) in [4.78, 5) is 11.1. The van der Waals surface area contributed by atoms with Crippen molar-refractivity contribution in [2.45, 2.75) is 52.2 Å². The van der Waals surface area contributed by atoms with Crippen molar-refractivity contribution in [3.05, 3.63) is 0 Å². The third-order valence-electron chi connectivity index (χ3n) is 3.72. The average Bonchev–Trinajstić information content (AvgIpc) is 2.36. The van der Waals surface area contributed by atoms with Crippen molar-refractivity contribution in [1.82, 2.24) is 0 Å². The van der Waals surface area contributed by atoms with E-state index in [1.165, 1.54) is 7.11 Å². The van der Waals surface area contributed by atoms with Gasteiger partial charge in [0.15, 0.2) is 0 Å². The Morgan fingerprint density at radius 3 is 2.44 bits per heavy atom. The van der Waals surface area contributed by atoms with Crippen molar-refractivity contribution in [2.75, 3.05) is 7.11 Å². The number of hydrogen-bond donors (Lipinski definition) is 2. The van der Waals surface area contributed by atoms with Crippen LogP contribution in [0.4, 0.5) is 0 Å². The maximum absolute atomic E-state index is 11.1. The molecule has 0 aromatic heterocycles. The molecule has 0 aromatic rings. The minimum atomic E-state index is -0.850. The van der Waals surface area contributed by atoms with E-state index in [0.717, 1.165) is 0 Å². The van der Waals surface area contributed by atoms with Gasteiger partial charge in [0, 0.05) is 5.41 Å². The lowest BCUT2D eigenvalue weighted by atomic mass is 9.77. The van der Waals surface area contributed by atoms with Crippen LogP contribution in [0.5, 0.6) is 0 Å². The van der Waals surface area contributed by atoms with Crippen LogP contribution < -0.4 is 0 Å². The first-order chi connectivity index (χ1) is 7.21. The van der Waals surface area contributed by atoms with Crippen LogP contribution in [0.1, 0.15) is 40.0 Å². The standard InChI is InChI=1S/C12H22O4/c1-11(2)6-9(14)12(3,7-11)8(13)5-10(15)16-4/h8-9,13-14H,5-7H2,1-4H3/t8-,9-,12+/m0/s1. The number of ether oxygens (including phenoxy) is 1. The Labute approximate surface area is 96.6 Å². The Balaban J connectivity index is 2.74. The van der Waals surface area contributed by atoms with Gasteiger partial charge in [-0.15, -0.1) is 0 Å². The zero-order valence-electron chi connectivity index (χ0n) is 10.5. The van der Waals surface area contributed by atoms with Crippen LogP contribution in [0, 0.1) is 10.8 Å². The average molecular weight is 230 g/mol. The summed E-state index contributed by atoms with van der Waals surface area (Å²) >= 11 is 0.